The Morgan fingerprint density at radius 2 is 2.21 bits per heavy atom. The molecule has 0 saturated heterocycles. The average Bonchev–Trinajstić information content (AvgIpc) is 3.10. The number of carbonyl (C=O) groups excluding carboxylic acids is 1. The molecule has 19 heavy (non-hydrogen) atoms. The molecule has 1 spiro atoms. The van der Waals surface area contributed by atoms with Crippen molar-refractivity contribution in [3.05, 3.63) is 0 Å². The number of amides is 1. The third kappa shape index (κ3) is 1.84. The molecular formula is C16H23NOS. The molecule has 3 saturated carbocycles. The predicted octanol–water partition coefficient (Wildman–Crippen LogP) is 4.04. The van der Waals surface area contributed by atoms with Gasteiger partial charge in [-0.25, -0.2) is 4.99 Å². The van der Waals surface area contributed by atoms with E-state index in [9.17, 15) is 4.79 Å². The van der Waals surface area contributed by atoms with Crippen LogP contribution in [0.15, 0.2) is 4.99 Å². The van der Waals surface area contributed by atoms with E-state index in [1.165, 1.54) is 43.6 Å². The molecule has 0 aromatic heterocycles. The molecule has 2 unspecified atom stereocenters. The second kappa shape index (κ2) is 4.34. The minimum atomic E-state index is -0.146. The number of hydrogen-bond donors (Lipinski definition) is 0. The predicted molar refractivity (Wildman–Crippen MR) is 79.3 cm³/mol. The van der Waals surface area contributed by atoms with Crippen molar-refractivity contribution in [2.24, 2.45) is 28.7 Å². The largest absolute Gasteiger partial charge is 0.271 e. The van der Waals surface area contributed by atoms with Gasteiger partial charge in [0.15, 0.2) is 0 Å². The molecule has 4 aliphatic rings. The number of carbonyl (C=O) groups is 1. The van der Waals surface area contributed by atoms with Crippen molar-refractivity contribution in [1.82, 2.24) is 0 Å². The molecule has 1 heterocycles. The van der Waals surface area contributed by atoms with Crippen molar-refractivity contribution in [1.29, 1.82) is 0 Å². The lowest BCUT2D eigenvalue weighted by molar-refractivity contribution is -0.120. The van der Waals surface area contributed by atoms with Gasteiger partial charge in [-0.1, -0.05) is 31.5 Å². The summed E-state index contributed by atoms with van der Waals surface area (Å²) in [6.45, 7) is 2.24. The first kappa shape index (κ1) is 12.4. The molecule has 2 bridgehead atoms. The molecular weight excluding hydrogens is 254 g/mol. The Hall–Kier alpha value is -0.310. The van der Waals surface area contributed by atoms with Gasteiger partial charge in [0.05, 0.1) is 5.04 Å². The standard InChI is InChI=1S/C16H23NOS/c1-10-3-2-6-16(10)15(18)17-14(19-16)9-13-8-11-4-5-12(13)7-11/h10-13H,2-9H2,1H3/t10?,11-,12+,13-,16?/m1/s1. The first-order valence-corrected chi connectivity index (χ1v) is 8.80. The van der Waals surface area contributed by atoms with Crippen molar-refractivity contribution < 1.29 is 4.79 Å². The van der Waals surface area contributed by atoms with Gasteiger partial charge < -0.3 is 0 Å². The number of aliphatic imine (C=N–C) groups is 1. The fourth-order valence-corrected chi connectivity index (χ4v) is 6.59. The minimum absolute atomic E-state index is 0.146. The molecule has 0 N–H and O–H groups in total. The van der Waals surface area contributed by atoms with Crippen LogP contribution in [0, 0.1) is 23.7 Å². The molecule has 3 aliphatic carbocycles. The van der Waals surface area contributed by atoms with Crippen molar-refractivity contribution in [2.45, 2.75) is 63.0 Å². The van der Waals surface area contributed by atoms with E-state index in [0.717, 1.165) is 30.6 Å². The highest BCUT2D eigenvalue weighted by Gasteiger charge is 2.52. The second-order valence-electron chi connectivity index (χ2n) is 7.23. The number of rotatable bonds is 2. The van der Waals surface area contributed by atoms with Gasteiger partial charge in [-0.05, 0) is 62.2 Å². The molecule has 5 atom stereocenters. The summed E-state index contributed by atoms with van der Waals surface area (Å²) < 4.78 is -0.146. The smallest absolute Gasteiger partial charge is 0.263 e. The van der Waals surface area contributed by atoms with Crippen molar-refractivity contribution >= 4 is 22.7 Å². The second-order valence-corrected chi connectivity index (χ2v) is 8.64. The van der Waals surface area contributed by atoms with Gasteiger partial charge in [-0.2, -0.15) is 0 Å². The van der Waals surface area contributed by atoms with Crippen molar-refractivity contribution in [2.75, 3.05) is 0 Å². The molecule has 0 aromatic carbocycles. The average molecular weight is 277 g/mol. The van der Waals surface area contributed by atoms with Gasteiger partial charge in [0.25, 0.3) is 5.91 Å². The number of thioether (sulfide) groups is 1. The fraction of sp³-hybridized carbons (Fsp3) is 0.875. The SMILES string of the molecule is CC1CCCC12SC(C[C@H]1C[C@@H]3CC[C@H]1C3)=NC2=O. The molecule has 1 aliphatic heterocycles. The highest BCUT2D eigenvalue weighted by molar-refractivity contribution is 8.16. The van der Waals surface area contributed by atoms with Crippen LogP contribution in [0.25, 0.3) is 0 Å². The van der Waals surface area contributed by atoms with E-state index in [1.54, 1.807) is 0 Å². The van der Waals surface area contributed by atoms with Crippen LogP contribution < -0.4 is 0 Å². The topological polar surface area (TPSA) is 29.4 Å². The highest BCUT2D eigenvalue weighted by Crippen LogP contribution is 2.54. The molecule has 0 aromatic rings. The third-order valence-electron chi connectivity index (χ3n) is 6.19. The van der Waals surface area contributed by atoms with E-state index in [1.807, 2.05) is 11.8 Å². The Balaban J connectivity index is 1.46. The lowest BCUT2D eigenvalue weighted by Gasteiger charge is -2.25. The summed E-state index contributed by atoms with van der Waals surface area (Å²) >= 11 is 1.85. The first-order chi connectivity index (χ1) is 9.17. The molecule has 0 radical (unpaired) electrons. The lowest BCUT2D eigenvalue weighted by atomic mass is 9.87. The number of hydrogen-bond acceptors (Lipinski definition) is 2. The maximum Gasteiger partial charge on any atom is 0.263 e. The van der Waals surface area contributed by atoms with Crippen LogP contribution in [0.4, 0.5) is 0 Å². The van der Waals surface area contributed by atoms with E-state index in [2.05, 4.69) is 11.9 Å². The Morgan fingerprint density at radius 1 is 1.32 bits per heavy atom. The summed E-state index contributed by atoms with van der Waals surface area (Å²) in [4.78, 5) is 16.8. The monoisotopic (exact) mass is 277 g/mol. The van der Waals surface area contributed by atoms with E-state index in [4.69, 9.17) is 0 Å². The molecule has 2 nitrogen and oxygen atoms in total. The van der Waals surface area contributed by atoms with Gasteiger partial charge in [-0.15, -0.1) is 0 Å². The van der Waals surface area contributed by atoms with Gasteiger partial charge in [0.1, 0.15) is 4.75 Å². The van der Waals surface area contributed by atoms with E-state index < -0.39 is 0 Å². The third-order valence-corrected chi connectivity index (χ3v) is 7.83. The quantitative estimate of drug-likeness (QED) is 0.762. The maximum atomic E-state index is 12.3. The van der Waals surface area contributed by atoms with E-state index in [0.29, 0.717) is 5.92 Å². The number of fused-ring (bicyclic) bond motifs is 2. The molecule has 3 fully saturated rings. The Bertz CT molecular complexity index is 446. The zero-order chi connectivity index (χ0) is 13.0. The zero-order valence-corrected chi connectivity index (χ0v) is 12.5. The molecule has 1 amide bonds. The molecule has 4 rings (SSSR count). The van der Waals surface area contributed by atoms with Crippen LogP contribution in [-0.2, 0) is 4.79 Å². The van der Waals surface area contributed by atoms with Gasteiger partial charge >= 0.3 is 0 Å². The maximum absolute atomic E-state index is 12.3. The summed E-state index contributed by atoms with van der Waals surface area (Å²) in [5.74, 6) is 3.50. The van der Waals surface area contributed by atoms with E-state index >= 15 is 0 Å². The van der Waals surface area contributed by atoms with Crippen molar-refractivity contribution in [3.8, 4) is 0 Å². The fourth-order valence-electron chi connectivity index (χ4n) is 5.04. The van der Waals surface area contributed by atoms with Gasteiger partial charge in [0, 0.05) is 0 Å². The van der Waals surface area contributed by atoms with Crippen LogP contribution in [0.2, 0.25) is 0 Å². The van der Waals surface area contributed by atoms with Crippen LogP contribution in [0.3, 0.4) is 0 Å². The molecule has 104 valence electrons. The number of nitrogens with zero attached hydrogens (tertiary/aromatic N) is 1. The Morgan fingerprint density at radius 3 is 2.84 bits per heavy atom. The zero-order valence-electron chi connectivity index (χ0n) is 11.7. The van der Waals surface area contributed by atoms with Crippen molar-refractivity contribution in [3.63, 3.8) is 0 Å². The van der Waals surface area contributed by atoms with Crippen LogP contribution in [0.1, 0.15) is 58.3 Å². The van der Waals surface area contributed by atoms with Gasteiger partial charge in [-0.3, -0.25) is 4.79 Å². The minimum Gasteiger partial charge on any atom is -0.271 e. The normalized spacial score (nSPS) is 48.5. The Labute approximate surface area is 119 Å². The van der Waals surface area contributed by atoms with Crippen LogP contribution in [-0.4, -0.2) is 15.7 Å². The summed E-state index contributed by atoms with van der Waals surface area (Å²) in [6.07, 6.45) is 10.3. The summed E-state index contributed by atoms with van der Waals surface area (Å²) in [7, 11) is 0. The summed E-state index contributed by atoms with van der Waals surface area (Å²) in [6, 6.07) is 0. The van der Waals surface area contributed by atoms with E-state index in [-0.39, 0.29) is 10.7 Å². The molecule has 3 heteroatoms. The summed E-state index contributed by atoms with van der Waals surface area (Å²) in [5.41, 5.74) is 0. The Kier molecular flexibility index (Phi) is 2.84. The summed E-state index contributed by atoms with van der Waals surface area (Å²) in [5, 5.41) is 1.18. The first-order valence-electron chi connectivity index (χ1n) is 7.98. The van der Waals surface area contributed by atoms with Crippen LogP contribution in [0.5, 0.6) is 0 Å². The lowest BCUT2D eigenvalue weighted by Crippen LogP contribution is -2.33. The van der Waals surface area contributed by atoms with Crippen LogP contribution >= 0.6 is 11.8 Å². The highest BCUT2D eigenvalue weighted by atomic mass is 32.2. The van der Waals surface area contributed by atoms with Gasteiger partial charge in [0.2, 0.25) is 0 Å².